The second kappa shape index (κ2) is 37.5. The van der Waals surface area contributed by atoms with Gasteiger partial charge < -0.3 is 55.2 Å². The van der Waals surface area contributed by atoms with Crippen molar-refractivity contribution in [1.29, 1.82) is 0 Å². The maximum absolute atomic E-state index is 12.3. The molecule has 0 saturated carbocycles. The van der Waals surface area contributed by atoms with Crippen molar-refractivity contribution in [3.8, 4) is 0 Å². The summed E-state index contributed by atoms with van der Waals surface area (Å²) in [7, 11) is 4.04. The van der Waals surface area contributed by atoms with E-state index in [1.807, 2.05) is 112 Å². The summed E-state index contributed by atoms with van der Waals surface area (Å²) in [6.07, 6.45) is 5.33. The molecule has 5 aliphatic heterocycles. The van der Waals surface area contributed by atoms with Crippen LogP contribution in [0.1, 0.15) is 196 Å². The number of benzene rings is 5. The summed E-state index contributed by atoms with van der Waals surface area (Å²) < 4.78 is 5.24. The summed E-state index contributed by atoms with van der Waals surface area (Å²) in [5.74, 6) is 3.01. The van der Waals surface area contributed by atoms with E-state index in [1.165, 1.54) is 40.7 Å². The molecule has 5 aromatic carbocycles. The van der Waals surface area contributed by atoms with Crippen LogP contribution in [0.3, 0.4) is 0 Å². The predicted octanol–water partition coefficient (Wildman–Crippen LogP) is 12.8. The Kier molecular flexibility index (Phi) is 30.2. The molecule has 1 unspecified atom stereocenters. The van der Waals surface area contributed by atoms with Gasteiger partial charge in [-0.1, -0.05) is 130 Å². The molecule has 5 fully saturated rings. The van der Waals surface area contributed by atoms with Crippen molar-refractivity contribution in [1.82, 2.24) is 34.7 Å². The van der Waals surface area contributed by atoms with Gasteiger partial charge in [0, 0.05) is 113 Å². The van der Waals surface area contributed by atoms with Crippen molar-refractivity contribution in [2.24, 2.45) is 0 Å². The molecule has 16 nitrogen and oxygen atoms in total. The Morgan fingerprint density at radius 1 is 0.451 bits per heavy atom. The highest BCUT2D eigenvalue weighted by atomic mass is 16.5. The van der Waals surface area contributed by atoms with Crippen LogP contribution in [0, 0.1) is 0 Å². The maximum Gasteiger partial charge on any atom is 0.321 e. The first-order chi connectivity index (χ1) is 43.6. The number of likely N-dealkylation sites (N-methyl/N-ethyl adjacent to an activating group) is 2. The molecular weight excluding hydrogens is 1140 g/mol. The standard InChI is InChI=1S/C16H24N2O.C15H23N3O.C15H22N2O.C15H21NO2.C14H19NO2/c1-13(2)14-5-7-15(8-6-14)17-16(19)9-12-18-10-3-4-11-18;1-12(2)13-4-6-14(7-5-13)16-15(19)18-10-8-17(3)9-11-18;1-11(2)12-4-6-13(7-5-12)15(18)17-9-8-14(10-17)16-3;1-11(2)12-3-5-13(6-4-12)15(18)16-9-7-14(17)8-10-16;1-11(2)12-3-5-13(6-4-12)14(16)15-7-9-17-10-8-15/h5-8,13H,3-4,9-12H2,1-2H3,(H,17,19);4-7,12H,8-11H2,1-3H3,(H,16,19);4-7,11,14,16H,8-10H2,1-3H3;3-6,11,14,17H,7-10H2,1-2H3;3-6,11H,7-10H2,1-2H3. The fraction of sp³-hybridized carbons (Fsp3) is 0.533. The Bertz CT molecular complexity index is 2900. The Labute approximate surface area is 545 Å². The number of piperazine rings is 1. The van der Waals surface area contributed by atoms with Gasteiger partial charge in [-0.05, 0) is 177 Å². The largest absolute Gasteiger partial charge is 0.393 e. The number of urea groups is 1. The lowest BCUT2D eigenvalue weighted by Gasteiger charge is -2.32. The molecule has 0 aromatic heterocycles. The lowest BCUT2D eigenvalue weighted by molar-refractivity contribution is -0.116. The molecule has 496 valence electrons. The molecule has 16 heteroatoms. The van der Waals surface area contributed by atoms with Crippen molar-refractivity contribution in [3.05, 3.63) is 166 Å². The van der Waals surface area contributed by atoms with Gasteiger partial charge in [0.25, 0.3) is 17.7 Å². The summed E-state index contributed by atoms with van der Waals surface area (Å²) in [4.78, 5) is 72.7. The number of aliphatic hydroxyl groups excluding tert-OH is 1. The van der Waals surface area contributed by atoms with Crippen LogP contribution >= 0.6 is 0 Å². The maximum atomic E-state index is 12.3. The Balaban J connectivity index is 0.000000181. The number of piperidine rings is 1. The molecule has 0 radical (unpaired) electrons. The summed E-state index contributed by atoms with van der Waals surface area (Å²) in [5, 5.41) is 18.6. The molecule has 10 rings (SSSR count). The average Bonchev–Trinajstić information content (AvgIpc) is 3.24. The SMILES string of the molecule is CC(C)c1ccc(C(=O)N2CCC(O)CC2)cc1.CC(C)c1ccc(C(=O)N2CCOCC2)cc1.CC(C)c1ccc(NC(=O)CCN2CCCC2)cc1.CC(C)c1ccc(NC(=O)N2CCN(C)CC2)cc1.CNC1CCN(C(=O)c2ccc(C(C)C)cc2)C1. The number of hydrogen-bond donors (Lipinski definition) is 4. The second-order valence-electron chi connectivity index (χ2n) is 26.4. The van der Waals surface area contributed by atoms with E-state index in [0.29, 0.717) is 94.3 Å². The van der Waals surface area contributed by atoms with Crippen LogP contribution in [0.25, 0.3) is 0 Å². The molecule has 0 bridgehead atoms. The van der Waals surface area contributed by atoms with Gasteiger partial charge in [0.15, 0.2) is 0 Å². The highest BCUT2D eigenvalue weighted by Gasteiger charge is 2.27. The van der Waals surface area contributed by atoms with Gasteiger partial charge >= 0.3 is 6.03 Å². The summed E-state index contributed by atoms with van der Waals surface area (Å²) in [6.45, 7) is 33.9. The lowest BCUT2D eigenvalue weighted by Crippen LogP contribution is -2.48. The normalized spacial score (nSPS) is 17.1. The van der Waals surface area contributed by atoms with Crippen LogP contribution in [0.5, 0.6) is 0 Å². The van der Waals surface area contributed by atoms with Crippen LogP contribution < -0.4 is 16.0 Å². The van der Waals surface area contributed by atoms with E-state index in [-0.39, 0.29) is 35.8 Å². The number of nitrogens with zero attached hydrogens (tertiary/aromatic N) is 6. The number of hydrogen-bond acceptors (Lipinski definition) is 10. The predicted molar refractivity (Wildman–Crippen MR) is 371 cm³/mol. The highest BCUT2D eigenvalue weighted by Crippen LogP contribution is 2.23. The molecule has 0 spiro atoms. The molecule has 5 aliphatic rings. The molecule has 5 aromatic rings. The van der Waals surface area contributed by atoms with Crippen molar-refractivity contribution in [2.75, 3.05) is 123 Å². The quantitative estimate of drug-likeness (QED) is 0.0839. The number of anilines is 2. The Hall–Kier alpha value is -6.95. The minimum atomic E-state index is -0.239. The van der Waals surface area contributed by atoms with Crippen molar-refractivity contribution in [2.45, 2.75) is 149 Å². The van der Waals surface area contributed by atoms with E-state index in [1.54, 1.807) is 0 Å². The minimum Gasteiger partial charge on any atom is -0.393 e. The fourth-order valence-electron chi connectivity index (χ4n) is 11.2. The third kappa shape index (κ3) is 24.2. The molecule has 4 N–H and O–H groups in total. The minimum absolute atomic E-state index is 0.00500. The first-order valence-corrected chi connectivity index (χ1v) is 33.7. The first kappa shape index (κ1) is 73.1. The number of carbonyl (C=O) groups excluding carboxylic acids is 5. The third-order valence-electron chi connectivity index (χ3n) is 17.7. The van der Waals surface area contributed by atoms with Gasteiger partial charge in [0.1, 0.15) is 0 Å². The summed E-state index contributed by atoms with van der Waals surface area (Å²) in [5.41, 5.74) is 10.5. The number of amides is 6. The zero-order valence-electron chi connectivity index (χ0n) is 57.0. The smallest absolute Gasteiger partial charge is 0.321 e. The van der Waals surface area contributed by atoms with Gasteiger partial charge in [-0.25, -0.2) is 4.79 Å². The fourth-order valence-corrected chi connectivity index (χ4v) is 11.2. The van der Waals surface area contributed by atoms with Gasteiger partial charge in [0.05, 0.1) is 19.3 Å². The summed E-state index contributed by atoms with van der Waals surface area (Å²) in [6, 6.07) is 40.5. The number of rotatable bonds is 14. The van der Waals surface area contributed by atoms with E-state index in [9.17, 15) is 29.1 Å². The number of nitrogens with one attached hydrogen (secondary N) is 3. The molecule has 91 heavy (non-hydrogen) atoms. The molecule has 0 aliphatic carbocycles. The molecule has 6 amide bonds. The zero-order valence-corrected chi connectivity index (χ0v) is 57.0. The average molecular weight is 1250 g/mol. The number of likely N-dealkylation sites (tertiary alicyclic amines) is 3. The van der Waals surface area contributed by atoms with Gasteiger partial charge in [-0.15, -0.1) is 0 Å². The van der Waals surface area contributed by atoms with Crippen molar-refractivity contribution < 1.29 is 33.8 Å². The third-order valence-corrected chi connectivity index (χ3v) is 17.7. The lowest BCUT2D eigenvalue weighted by atomic mass is 10.0. The van der Waals surface area contributed by atoms with E-state index in [2.05, 4.69) is 138 Å². The Morgan fingerprint density at radius 2 is 0.813 bits per heavy atom. The van der Waals surface area contributed by atoms with Gasteiger partial charge in [-0.3, -0.25) is 19.2 Å². The zero-order chi connectivity index (χ0) is 66.0. The molecule has 5 saturated heterocycles. The van der Waals surface area contributed by atoms with Crippen LogP contribution in [0.2, 0.25) is 0 Å². The Morgan fingerprint density at radius 3 is 1.20 bits per heavy atom. The van der Waals surface area contributed by atoms with Gasteiger partial charge in [-0.2, -0.15) is 0 Å². The van der Waals surface area contributed by atoms with E-state index in [4.69, 9.17) is 4.74 Å². The van der Waals surface area contributed by atoms with Crippen molar-refractivity contribution >= 4 is 41.0 Å². The number of aliphatic hydroxyl groups is 1. The molecule has 1 atom stereocenters. The number of morpholine rings is 1. The van der Waals surface area contributed by atoms with Crippen LogP contribution in [0.15, 0.2) is 121 Å². The van der Waals surface area contributed by atoms with E-state index >= 15 is 0 Å². The topological polar surface area (TPSA) is 170 Å². The number of ether oxygens (including phenoxy) is 1. The molecule has 5 heterocycles. The van der Waals surface area contributed by atoms with Crippen molar-refractivity contribution in [3.63, 3.8) is 0 Å². The van der Waals surface area contributed by atoms with Crippen LogP contribution in [0.4, 0.5) is 16.2 Å². The van der Waals surface area contributed by atoms with E-state index in [0.717, 1.165) is 93.4 Å². The van der Waals surface area contributed by atoms with Crippen LogP contribution in [-0.4, -0.2) is 189 Å². The highest BCUT2D eigenvalue weighted by molar-refractivity contribution is 5.96. The number of carbonyl (C=O) groups is 5. The van der Waals surface area contributed by atoms with E-state index < -0.39 is 0 Å². The van der Waals surface area contributed by atoms with Crippen LogP contribution in [-0.2, 0) is 9.53 Å². The summed E-state index contributed by atoms with van der Waals surface area (Å²) >= 11 is 0. The monoisotopic (exact) mass is 1250 g/mol. The second-order valence-corrected chi connectivity index (χ2v) is 26.4. The first-order valence-electron chi connectivity index (χ1n) is 33.7. The van der Waals surface area contributed by atoms with Gasteiger partial charge in [0.2, 0.25) is 5.91 Å². The molecular formula is C75H109N9O7.